The predicted octanol–water partition coefficient (Wildman–Crippen LogP) is 5.02. The summed E-state index contributed by atoms with van der Waals surface area (Å²) < 4.78 is 2.06. The Kier molecular flexibility index (Phi) is 4.05. The third-order valence-corrected chi connectivity index (χ3v) is 5.12. The van der Waals surface area contributed by atoms with Crippen molar-refractivity contribution in [3.05, 3.63) is 84.2 Å². The smallest absolute Gasteiger partial charge is 0.195 e. The van der Waals surface area contributed by atoms with Gasteiger partial charge in [-0.3, -0.25) is 4.57 Å². The van der Waals surface area contributed by atoms with Crippen LogP contribution in [0.2, 0.25) is 0 Å². The molecule has 0 saturated heterocycles. The Hall–Kier alpha value is -2.59. The Morgan fingerprint density at radius 1 is 0.917 bits per heavy atom. The summed E-state index contributed by atoms with van der Waals surface area (Å²) in [5.41, 5.74) is 3.66. The molecule has 0 aliphatic carbocycles. The van der Waals surface area contributed by atoms with Crippen LogP contribution in [-0.4, -0.2) is 14.8 Å². The monoisotopic (exact) mass is 331 g/mol. The van der Waals surface area contributed by atoms with Gasteiger partial charge in [0.1, 0.15) is 6.33 Å². The lowest BCUT2D eigenvalue weighted by Crippen LogP contribution is -1.97. The maximum absolute atomic E-state index is 4.30. The molecule has 1 aromatic heterocycles. The van der Waals surface area contributed by atoms with Gasteiger partial charge in [0.05, 0.1) is 5.69 Å². The lowest BCUT2D eigenvalue weighted by molar-refractivity contribution is 0.878. The number of para-hydroxylation sites is 1. The van der Waals surface area contributed by atoms with E-state index in [9.17, 15) is 0 Å². The molecule has 0 bridgehead atoms. The standard InChI is InChI=1S/C20H17N3S/c1-15-7-2-5-12-19(15)23-14-21-22-20(23)24-13-17-10-6-9-16-8-3-4-11-18(16)17/h2-12,14H,13H2,1H3. The highest BCUT2D eigenvalue weighted by Crippen LogP contribution is 2.28. The zero-order valence-corrected chi connectivity index (χ0v) is 14.2. The van der Waals surface area contributed by atoms with E-state index in [4.69, 9.17) is 0 Å². The number of hydrogen-bond donors (Lipinski definition) is 0. The van der Waals surface area contributed by atoms with E-state index < -0.39 is 0 Å². The summed E-state index contributed by atoms with van der Waals surface area (Å²) >= 11 is 1.71. The molecule has 24 heavy (non-hydrogen) atoms. The fourth-order valence-corrected chi connectivity index (χ4v) is 3.81. The average molecular weight is 331 g/mol. The molecule has 0 aliphatic rings. The highest BCUT2D eigenvalue weighted by molar-refractivity contribution is 7.98. The number of fused-ring (bicyclic) bond motifs is 1. The largest absolute Gasteiger partial charge is 0.276 e. The number of rotatable bonds is 4. The topological polar surface area (TPSA) is 30.7 Å². The van der Waals surface area contributed by atoms with Gasteiger partial charge in [0.2, 0.25) is 0 Å². The third-order valence-electron chi connectivity index (χ3n) is 4.13. The van der Waals surface area contributed by atoms with Crippen LogP contribution in [0.3, 0.4) is 0 Å². The summed E-state index contributed by atoms with van der Waals surface area (Å²) in [4.78, 5) is 0. The van der Waals surface area contributed by atoms with Gasteiger partial charge in [-0.15, -0.1) is 10.2 Å². The fourth-order valence-electron chi connectivity index (χ4n) is 2.88. The first-order valence-corrected chi connectivity index (χ1v) is 8.87. The summed E-state index contributed by atoms with van der Waals surface area (Å²) in [6.07, 6.45) is 1.79. The van der Waals surface area contributed by atoms with Crippen LogP contribution >= 0.6 is 11.8 Å². The minimum Gasteiger partial charge on any atom is -0.276 e. The van der Waals surface area contributed by atoms with E-state index >= 15 is 0 Å². The number of thioether (sulfide) groups is 1. The van der Waals surface area contributed by atoms with Crippen molar-refractivity contribution < 1.29 is 0 Å². The molecule has 3 nitrogen and oxygen atoms in total. The second kappa shape index (κ2) is 6.49. The summed E-state index contributed by atoms with van der Waals surface area (Å²) in [6, 6.07) is 23.2. The van der Waals surface area contributed by atoms with Crippen LogP contribution in [0.25, 0.3) is 16.5 Å². The lowest BCUT2D eigenvalue weighted by atomic mass is 10.1. The first kappa shape index (κ1) is 15.0. The normalized spacial score (nSPS) is 11.0. The van der Waals surface area contributed by atoms with E-state index in [-0.39, 0.29) is 0 Å². The van der Waals surface area contributed by atoms with Gasteiger partial charge in [0, 0.05) is 5.75 Å². The molecule has 0 radical (unpaired) electrons. The van der Waals surface area contributed by atoms with Crippen molar-refractivity contribution in [2.75, 3.05) is 0 Å². The van der Waals surface area contributed by atoms with Crippen LogP contribution in [0, 0.1) is 6.92 Å². The number of nitrogens with zero attached hydrogens (tertiary/aromatic N) is 3. The van der Waals surface area contributed by atoms with E-state index in [0.717, 1.165) is 16.6 Å². The molecule has 0 amide bonds. The van der Waals surface area contributed by atoms with Crippen molar-refractivity contribution in [3.63, 3.8) is 0 Å². The number of benzene rings is 3. The number of aromatic nitrogens is 3. The molecule has 0 aliphatic heterocycles. The van der Waals surface area contributed by atoms with Gasteiger partial charge in [-0.2, -0.15) is 0 Å². The molecule has 0 spiro atoms. The summed E-state index contributed by atoms with van der Waals surface area (Å²) in [7, 11) is 0. The highest BCUT2D eigenvalue weighted by Gasteiger charge is 2.10. The summed E-state index contributed by atoms with van der Waals surface area (Å²) in [5.74, 6) is 0.867. The number of hydrogen-bond acceptors (Lipinski definition) is 3. The molecular weight excluding hydrogens is 314 g/mol. The summed E-state index contributed by atoms with van der Waals surface area (Å²) in [5, 5.41) is 11.9. The summed E-state index contributed by atoms with van der Waals surface area (Å²) in [6.45, 7) is 2.11. The highest BCUT2D eigenvalue weighted by atomic mass is 32.2. The second-order valence-electron chi connectivity index (χ2n) is 5.70. The van der Waals surface area contributed by atoms with Crippen molar-refractivity contribution in [2.24, 2.45) is 0 Å². The van der Waals surface area contributed by atoms with Crippen LogP contribution in [0.4, 0.5) is 0 Å². The van der Waals surface area contributed by atoms with Gasteiger partial charge >= 0.3 is 0 Å². The lowest BCUT2D eigenvalue weighted by Gasteiger charge is -2.10. The van der Waals surface area contributed by atoms with Gasteiger partial charge in [0.15, 0.2) is 5.16 Å². The van der Waals surface area contributed by atoms with E-state index in [1.807, 2.05) is 12.1 Å². The Morgan fingerprint density at radius 2 is 1.71 bits per heavy atom. The Balaban J connectivity index is 1.63. The van der Waals surface area contributed by atoms with Crippen LogP contribution < -0.4 is 0 Å². The zero-order valence-electron chi connectivity index (χ0n) is 13.4. The van der Waals surface area contributed by atoms with Gasteiger partial charge in [-0.25, -0.2) is 0 Å². The van der Waals surface area contributed by atoms with Crippen LogP contribution in [0.5, 0.6) is 0 Å². The molecule has 4 aromatic rings. The van der Waals surface area contributed by atoms with E-state index in [2.05, 4.69) is 76.3 Å². The van der Waals surface area contributed by atoms with Gasteiger partial charge < -0.3 is 0 Å². The minimum absolute atomic E-state index is 0.867. The molecule has 4 heteroatoms. The minimum atomic E-state index is 0.867. The van der Waals surface area contributed by atoms with Gasteiger partial charge in [-0.1, -0.05) is 72.4 Å². The van der Waals surface area contributed by atoms with Crippen LogP contribution in [0.15, 0.2) is 78.2 Å². The molecule has 3 aromatic carbocycles. The molecule has 118 valence electrons. The van der Waals surface area contributed by atoms with E-state index in [1.165, 1.54) is 21.9 Å². The average Bonchev–Trinajstić information content (AvgIpc) is 3.08. The quantitative estimate of drug-likeness (QED) is 0.492. The molecule has 0 N–H and O–H groups in total. The molecular formula is C20H17N3S. The third kappa shape index (κ3) is 2.81. The maximum Gasteiger partial charge on any atom is 0.195 e. The molecule has 0 fully saturated rings. The van der Waals surface area contributed by atoms with E-state index in [0.29, 0.717) is 0 Å². The first-order chi connectivity index (χ1) is 11.8. The van der Waals surface area contributed by atoms with Crippen molar-refractivity contribution in [1.82, 2.24) is 14.8 Å². The van der Waals surface area contributed by atoms with Crippen LogP contribution in [-0.2, 0) is 5.75 Å². The molecule has 0 unspecified atom stereocenters. The van der Waals surface area contributed by atoms with Gasteiger partial charge in [-0.05, 0) is 34.9 Å². The molecule has 1 heterocycles. The zero-order chi connectivity index (χ0) is 16.4. The van der Waals surface area contributed by atoms with Crippen molar-refractivity contribution in [1.29, 1.82) is 0 Å². The predicted molar refractivity (Wildman–Crippen MR) is 99.6 cm³/mol. The van der Waals surface area contributed by atoms with Crippen molar-refractivity contribution >= 4 is 22.5 Å². The molecule has 0 atom stereocenters. The van der Waals surface area contributed by atoms with Crippen LogP contribution in [0.1, 0.15) is 11.1 Å². The second-order valence-corrected chi connectivity index (χ2v) is 6.64. The first-order valence-electron chi connectivity index (χ1n) is 7.88. The molecule has 4 rings (SSSR count). The Morgan fingerprint density at radius 3 is 2.62 bits per heavy atom. The van der Waals surface area contributed by atoms with Crippen molar-refractivity contribution in [2.45, 2.75) is 17.8 Å². The Bertz CT molecular complexity index is 986. The Labute approximate surface area is 145 Å². The molecule has 0 saturated carbocycles. The SMILES string of the molecule is Cc1ccccc1-n1cnnc1SCc1cccc2ccccc12. The number of aryl methyl sites for hydroxylation is 1. The maximum atomic E-state index is 4.30. The van der Waals surface area contributed by atoms with Crippen molar-refractivity contribution in [3.8, 4) is 5.69 Å². The fraction of sp³-hybridized carbons (Fsp3) is 0.100. The van der Waals surface area contributed by atoms with E-state index in [1.54, 1.807) is 18.1 Å². The van der Waals surface area contributed by atoms with Gasteiger partial charge in [0.25, 0.3) is 0 Å².